The van der Waals surface area contributed by atoms with Gasteiger partial charge in [0.15, 0.2) is 0 Å². The van der Waals surface area contributed by atoms with Crippen LogP contribution in [0.4, 0.5) is 5.69 Å². The summed E-state index contributed by atoms with van der Waals surface area (Å²) in [5.41, 5.74) is 6.91. The topological polar surface area (TPSA) is 76.8 Å². The first-order chi connectivity index (χ1) is 11.1. The fourth-order valence-corrected chi connectivity index (χ4v) is 2.84. The average molecular weight is 321 g/mol. The van der Waals surface area contributed by atoms with Gasteiger partial charge in [-0.25, -0.2) is 0 Å². The van der Waals surface area contributed by atoms with Crippen molar-refractivity contribution in [2.24, 2.45) is 5.73 Å². The molecule has 1 aromatic carbocycles. The fraction of sp³-hybridized carbons (Fsp3) is 0.588. The van der Waals surface area contributed by atoms with E-state index in [2.05, 4.69) is 10.2 Å². The van der Waals surface area contributed by atoms with Crippen LogP contribution in [0.2, 0.25) is 0 Å². The Balaban J connectivity index is 1.98. The number of hydrogen-bond acceptors (Lipinski definition) is 5. The van der Waals surface area contributed by atoms with E-state index in [1.807, 2.05) is 25.1 Å². The number of carbonyl (C=O) groups excluding carboxylic acids is 1. The van der Waals surface area contributed by atoms with Crippen LogP contribution in [0.5, 0.6) is 11.5 Å². The van der Waals surface area contributed by atoms with Crippen molar-refractivity contribution in [2.45, 2.75) is 38.3 Å². The van der Waals surface area contributed by atoms with Crippen molar-refractivity contribution in [3.63, 3.8) is 0 Å². The summed E-state index contributed by atoms with van der Waals surface area (Å²) in [6.45, 7) is 3.67. The Hall–Kier alpha value is -1.95. The molecule has 2 atom stereocenters. The number of hydrogen-bond donors (Lipinski definition) is 2. The van der Waals surface area contributed by atoms with Gasteiger partial charge in [0.1, 0.15) is 11.5 Å². The normalized spacial score (nSPS) is 18.6. The first-order valence-corrected chi connectivity index (χ1v) is 8.11. The maximum absolute atomic E-state index is 12.0. The highest BCUT2D eigenvalue weighted by atomic mass is 16.5. The molecule has 1 aliphatic rings. The smallest absolute Gasteiger partial charge is 0.237 e. The van der Waals surface area contributed by atoms with E-state index in [-0.39, 0.29) is 11.9 Å². The lowest BCUT2D eigenvalue weighted by Gasteiger charge is -2.21. The molecular weight excluding hydrogens is 294 g/mol. The van der Waals surface area contributed by atoms with Crippen molar-refractivity contribution in [3.8, 4) is 11.5 Å². The highest BCUT2D eigenvalue weighted by molar-refractivity contribution is 5.81. The van der Waals surface area contributed by atoms with Crippen molar-refractivity contribution >= 4 is 11.6 Å². The highest BCUT2D eigenvalue weighted by Crippen LogP contribution is 2.30. The predicted molar refractivity (Wildman–Crippen MR) is 91.2 cm³/mol. The van der Waals surface area contributed by atoms with Gasteiger partial charge in [0.2, 0.25) is 5.91 Å². The maximum atomic E-state index is 12.0. The summed E-state index contributed by atoms with van der Waals surface area (Å²) in [4.78, 5) is 14.3. The van der Waals surface area contributed by atoms with E-state index >= 15 is 0 Å². The van der Waals surface area contributed by atoms with Crippen molar-refractivity contribution in [3.05, 3.63) is 18.2 Å². The molecule has 2 rings (SSSR count). The third-order valence-corrected chi connectivity index (χ3v) is 4.17. The fourth-order valence-electron chi connectivity index (χ4n) is 2.84. The monoisotopic (exact) mass is 321 g/mol. The number of rotatable bonds is 7. The van der Waals surface area contributed by atoms with Crippen LogP contribution >= 0.6 is 0 Å². The van der Waals surface area contributed by atoms with Gasteiger partial charge < -0.3 is 25.4 Å². The molecule has 6 nitrogen and oxygen atoms in total. The van der Waals surface area contributed by atoms with Crippen LogP contribution in [-0.2, 0) is 4.79 Å². The lowest BCUT2D eigenvalue weighted by atomic mass is 10.1. The van der Waals surface area contributed by atoms with Crippen molar-refractivity contribution in [2.75, 3.05) is 32.2 Å². The van der Waals surface area contributed by atoms with Gasteiger partial charge in [-0.3, -0.25) is 4.79 Å². The van der Waals surface area contributed by atoms with E-state index in [1.165, 1.54) is 0 Å². The van der Waals surface area contributed by atoms with Gasteiger partial charge >= 0.3 is 0 Å². The average Bonchev–Trinajstić information content (AvgIpc) is 3.03. The van der Waals surface area contributed by atoms with Crippen molar-refractivity contribution < 1.29 is 14.3 Å². The molecule has 0 spiro atoms. The summed E-state index contributed by atoms with van der Waals surface area (Å²) in [7, 11) is 3.28. The Morgan fingerprint density at radius 3 is 2.57 bits per heavy atom. The Labute approximate surface area is 137 Å². The van der Waals surface area contributed by atoms with E-state index in [9.17, 15) is 4.79 Å². The summed E-state index contributed by atoms with van der Waals surface area (Å²) in [6, 6.07) is 5.53. The molecule has 1 heterocycles. The van der Waals surface area contributed by atoms with E-state index in [0.717, 1.165) is 49.5 Å². The zero-order valence-corrected chi connectivity index (χ0v) is 14.2. The molecule has 0 saturated carbocycles. The minimum absolute atomic E-state index is 0.0538. The van der Waals surface area contributed by atoms with Gasteiger partial charge in [0, 0.05) is 43.0 Å². The highest BCUT2D eigenvalue weighted by Gasteiger charge is 2.26. The summed E-state index contributed by atoms with van der Waals surface area (Å²) in [6.07, 6.45) is 2.54. The standard InChI is InChI=1S/C17H27N3O3/c1-4-5-16(18)17(21)19-12-6-7-20(11-12)13-8-14(22-2)10-15(9-13)23-3/h8-10,12,16H,4-7,11,18H2,1-3H3,(H,19,21). The quantitative estimate of drug-likeness (QED) is 0.796. The lowest BCUT2D eigenvalue weighted by Crippen LogP contribution is -2.46. The number of nitrogens with one attached hydrogen (secondary N) is 1. The molecule has 6 heteroatoms. The minimum Gasteiger partial charge on any atom is -0.497 e. The molecular formula is C17H27N3O3. The Morgan fingerprint density at radius 2 is 2.00 bits per heavy atom. The molecule has 1 aromatic rings. The third kappa shape index (κ3) is 4.51. The van der Waals surface area contributed by atoms with Gasteiger partial charge in [-0.2, -0.15) is 0 Å². The number of methoxy groups -OCH3 is 2. The molecule has 1 saturated heterocycles. The van der Waals surface area contributed by atoms with Crippen LogP contribution in [0, 0.1) is 0 Å². The second kappa shape index (κ2) is 8.06. The molecule has 0 radical (unpaired) electrons. The first kappa shape index (κ1) is 17.4. The van der Waals surface area contributed by atoms with Crippen molar-refractivity contribution in [1.29, 1.82) is 0 Å². The summed E-state index contributed by atoms with van der Waals surface area (Å²) < 4.78 is 10.6. The van der Waals surface area contributed by atoms with E-state index in [1.54, 1.807) is 14.2 Å². The van der Waals surface area contributed by atoms with E-state index < -0.39 is 6.04 Å². The number of benzene rings is 1. The van der Waals surface area contributed by atoms with Crippen LogP contribution in [0.1, 0.15) is 26.2 Å². The Bertz CT molecular complexity index is 514. The number of anilines is 1. The van der Waals surface area contributed by atoms with Crippen LogP contribution < -0.4 is 25.4 Å². The molecule has 0 bridgehead atoms. The second-order valence-electron chi connectivity index (χ2n) is 5.91. The number of carbonyl (C=O) groups is 1. The molecule has 1 amide bonds. The van der Waals surface area contributed by atoms with Crippen molar-refractivity contribution in [1.82, 2.24) is 5.32 Å². The summed E-state index contributed by atoms with van der Waals surface area (Å²) in [5, 5.41) is 3.05. The molecule has 3 N–H and O–H groups in total. The zero-order chi connectivity index (χ0) is 16.8. The third-order valence-electron chi connectivity index (χ3n) is 4.17. The SMILES string of the molecule is CCCC(N)C(=O)NC1CCN(c2cc(OC)cc(OC)c2)C1. The molecule has 1 fully saturated rings. The van der Waals surface area contributed by atoms with Gasteiger partial charge in [0.05, 0.1) is 20.3 Å². The molecule has 128 valence electrons. The van der Waals surface area contributed by atoms with Crippen LogP contribution in [0.3, 0.4) is 0 Å². The van der Waals surface area contributed by atoms with Crippen LogP contribution in [0.15, 0.2) is 18.2 Å². The number of nitrogens with zero attached hydrogens (tertiary/aromatic N) is 1. The van der Waals surface area contributed by atoms with Gasteiger partial charge in [0.25, 0.3) is 0 Å². The van der Waals surface area contributed by atoms with Gasteiger partial charge in [-0.15, -0.1) is 0 Å². The Kier molecular flexibility index (Phi) is 6.10. The minimum atomic E-state index is -0.411. The zero-order valence-electron chi connectivity index (χ0n) is 14.2. The number of ether oxygens (including phenoxy) is 2. The lowest BCUT2D eigenvalue weighted by molar-refractivity contribution is -0.123. The van der Waals surface area contributed by atoms with E-state index in [4.69, 9.17) is 15.2 Å². The molecule has 0 aromatic heterocycles. The maximum Gasteiger partial charge on any atom is 0.237 e. The predicted octanol–water partition coefficient (Wildman–Crippen LogP) is 1.53. The largest absolute Gasteiger partial charge is 0.497 e. The molecule has 1 aliphatic heterocycles. The first-order valence-electron chi connectivity index (χ1n) is 8.11. The summed E-state index contributed by atoms with van der Waals surface area (Å²) in [5.74, 6) is 1.47. The molecule has 2 unspecified atom stereocenters. The number of amides is 1. The summed E-state index contributed by atoms with van der Waals surface area (Å²) >= 11 is 0. The second-order valence-corrected chi connectivity index (χ2v) is 5.91. The van der Waals surface area contributed by atoms with Gasteiger partial charge in [-0.05, 0) is 12.8 Å². The molecule has 23 heavy (non-hydrogen) atoms. The van der Waals surface area contributed by atoms with E-state index in [0.29, 0.717) is 0 Å². The van der Waals surface area contributed by atoms with Crippen LogP contribution in [0.25, 0.3) is 0 Å². The molecule has 0 aliphatic carbocycles. The van der Waals surface area contributed by atoms with Gasteiger partial charge in [-0.1, -0.05) is 13.3 Å². The van der Waals surface area contributed by atoms with Crippen LogP contribution in [-0.4, -0.2) is 45.3 Å². The number of nitrogens with two attached hydrogens (primary N) is 1. The Morgan fingerprint density at radius 1 is 1.35 bits per heavy atom.